The summed E-state index contributed by atoms with van der Waals surface area (Å²) in [7, 11) is 0. The Morgan fingerprint density at radius 2 is 2.18 bits per heavy atom. The van der Waals surface area contributed by atoms with Gasteiger partial charge in [-0.15, -0.1) is 0 Å². The third-order valence-corrected chi connectivity index (χ3v) is 2.07. The van der Waals surface area contributed by atoms with Gasteiger partial charge in [0.25, 0.3) is 5.92 Å². The zero-order valence-corrected chi connectivity index (χ0v) is 6.18. The summed E-state index contributed by atoms with van der Waals surface area (Å²) in [6.07, 6.45) is -0.188. The Bertz CT molecular complexity index is 179. The average molecular weight is 164 g/mol. The lowest BCUT2D eigenvalue weighted by molar-refractivity contribution is -0.153. The van der Waals surface area contributed by atoms with Crippen molar-refractivity contribution < 1.29 is 18.7 Å². The molecule has 1 N–H and O–H groups in total. The largest absolute Gasteiger partial charge is 0.481 e. The van der Waals surface area contributed by atoms with Gasteiger partial charge in [-0.2, -0.15) is 0 Å². The van der Waals surface area contributed by atoms with Gasteiger partial charge in [0.2, 0.25) is 0 Å². The molecule has 0 bridgehead atoms. The quantitative estimate of drug-likeness (QED) is 0.641. The fraction of sp³-hybridized carbons (Fsp3) is 0.857. The van der Waals surface area contributed by atoms with Crippen LogP contribution in [0, 0.1) is 11.8 Å². The first-order valence-electron chi connectivity index (χ1n) is 3.54. The summed E-state index contributed by atoms with van der Waals surface area (Å²) in [6.45, 7) is 1.65. The van der Waals surface area contributed by atoms with E-state index in [1.807, 2.05) is 0 Å². The van der Waals surface area contributed by atoms with E-state index in [2.05, 4.69) is 0 Å². The first-order chi connectivity index (χ1) is 4.93. The van der Waals surface area contributed by atoms with E-state index >= 15 is 0 Å². The van der Waals surface area contributed by atoms with Crippen molar-refractivity contribution >= 4 is 5.97 Å². The molecule has 2 nitrogen and oxygen atoms in total. The standard InChI is InChI=1S/C7H10F2O2/c1-4-2-5(6(10)11)7(8,9)3-4/h4-5H,2-3H2,1H3,(H,10,11)/t4-,5-/m1/s1. The number of halogens is 2. The lowest BCUT2D eigenvalue weighted by Crippen LogP contribution is -2.28. The van der Waals surface area contributed by atoms with Crippen molar-refractivity contribution in [3.05, 3.63) is 0 Å². The smallest absolute Gasteiger partial charge is 0.312 e. The second kappa shape index (κ2) is 2.43. The zero-order valence-electron chi connectivity index (χ0n) is 6.18. The zero-order chi connectivity index (χ0) is 8.65. The molecule has 2 atom stereocenters. The second-order valence-corrected chi connectivity index (χ2v) is 3.20. The summed E-state index contributed by atoms with van der Waals surface area (Å²) in [5.41, 5.74) is 0. The van der Waals surface area contributed by atoms with E-state index in [1.165, 1.54) is 0 Å². The molecule has 64 valence electrons. The second-order valence-electron chi connectivity index (χ2n) is 3.20. The molecule has 1 aliphatic rings. The van der Waals surface area contributed by atoms with E-state index in [4.69, 9.17) is 5.11 Å². The summed E-state index contributed by atoms with van der Waals surface area (Å²) in [6, 6.07) is 0. The first-order valence-corrected chi connectivity index (χ1v) is 3.54. The third-order valence-electron chi connectivity index (χ3n) is 2.07. The van der Waals surface area contributed by atoms with Gasteiger partial charge in [0, 0.05) is 6.42 Å². The van der Waals surface area contributed by atoms with Crippen LogP contribution in [-0.4, -0.2) is 17.0 Å². The van der Waals surface area contributed by atoms with Crippen LogP contribution < -0.4 is 0 Å². The summed E-state index contributed by atoms with van der Waals surface area (Å²) < 4.78 is 25.5. The van der Waals surface area contributed by atoms with E-state index in [1.54, 1.807) is 6.92 Å². The van der Waals surface area contributed by atoms with Crippen LogP contribution in [-0.2, 0) is 4.79 Å². The number of rotatable bonds is 1. The molecule has 1 aliphatic carbocycles. The predicted molar refractivity (Wildman–Crippen MR) is 34.5 cm³/mol. The summed E-state index contributed by atoms with van der Waals surface area (Å²) in [5.74, 6) is -6.01. The Balaban J connectivity index is 2.74. The normalized spacial score (nSPS) is 35.5. The first kappa shape index (κ1) is 8.43. The number of hydrogen-bond acceptors (Lipinski definition) is 1. The van der Waals surface area contributed by atoms with Crippen LogP contribution in [0.25, 0.3) is 0 Å². The van der Waals surface area contributed by atoms with Crippen LogP contribution in [0.5, 0.6) is 0 Å². The van der Waals surface area contributed by atoms with Gasteiger partial charge in [-0.3, -0.25) is 4.79 Å². The summed E-state index contributed by atoms with van der Waals surface area (Å²) in [5, 5.41) is 8.39. The minimum Gasteiger partial charge on any atom is -0.481 e. The molecular weight excluding hydrogens is 154 g/mol. The maximum Gasteiger partial charge on any atom is 0.312 e. The highest BCUT2D eigenvalue weighted by molar-refractivity contribution is 5.71. The van der Waals surface area contributed by atoms with Crippen LogP contribution in [0.4, 0.5) is 8.78 Å². The molecule has 4 heteroatoms. The predicted octanol–water partition coefficient (Wildman–Crippen LogP) is 1.75. The van der Waals surface area contributed by atoms with Gasteiger partial charge in [0.15, 0.2) is 0 Å². The maximum atomic E-state index is 12.7. The number of carboxylic acids is 1. The highest BCUT2D eigenvalue weighted by atomic mass is 19.3. The number of alkyl halides is 2. The molecule has 0 aromatic heterocycles. The highest BCUT2D eigenvalue weighted by Gasteiger charge is 2.51. The van der Waals surface area contributed by atoms with Crippen LogP contribution in [0.15, 0.2) is 0 Å². The fourth-order valence-electron chi connectivity index (χ4n) is 1.55. The van der Waals surface area contributed by atoms with Gasteiger partial charge in [-0.05, 0) is 12.3 Å². The average Bonchev–Trinajstić information content (AvgIpc) is 2.04. The molecule has 0 amide bonds. The van der Waals surface area contributed by atoms with Crippen molar-refractivity contribution in [2.45, 2.75) is 25.7 Å². The lowest BCUT2D eigenvalue weighted by atomic mass is 10.1. The van der Waals surface area contributed by atoms with Gasteiger partial charge in [0.05, 0.1) is 0 Å². The van der Waals surface area contributed by atoms with E-state index in [0.29, 0.717) is 0 Å². The third kappa shape index (κ3) is 1.49. The maximum absolute atomic E-state index is 12.7. The van der Waals surface area contributed by atoms with E-state index in [0.717, 1.165) is 0 Å². The Morgan fingerprint density at radius 3 is 2.36 bits per heavy atom. The van der Waals surface area contributed by atoms with Gasteiger partial charge >= 0.3 is 5.97 Å². The molecular formula is C7H10F2O2. The SMILES string of the molecule is C[C@@H]1C[C@H](C(=O)O)C(F)(F)C1. The van der Waals surface area contributed by atoms with E-state index in [-0.39, 0.29) is 18.8 Å². The number of carboxylic acid groups (broad SMARTS) is 1. The number of aliphatic carboxylic acids is 1. The molecule has 0 unspecified atom stereocenters. The monoisotopic (exact) mass is 164 g/mol. The molecule has 1 fully saturated rings. The van der Waals surface area contributed by atoms with Crippen LogP contribution in [0.2, 0.25) is 0 Å². The lowest BCUT2D eigenvalue weighted by Gasteiger charge is -2.13. The van der Waals surface area contributed by atoms with Crippen molar-refractivity contribution in [2.75, 3.05) is 0 Å². The van der Waals surface area contributed by atoms with Crippen molar-refractivity contribution in [1.82, 2.24) is 0 Å². The topological polar surface area (TPSA) is 37.3 Å². The van der Waals surface area contributed by atoms with Gasteiger partial charge in [-0.25, -0.2) is 8.78 Å². The molecule has 0 heterocycles. The van der Waals surface area contributed by atoms with E-state index in [9.17, 15) is 13.6 Å². The van der Waals surface area contributed by atoms with Crippen LogP contribution in [0.1, 0.15) is 19.8 Å². The summed E-state index contributed by atoms with van der Waals surface area (Å²) in [4.78, 5) is 10.3. The van der Waals surface area contributed by atoms with Gasteiger partial charge in [0.1, 0.15) is 5.92 Å². The highest BCUT2D eigenvalue weighted by Crippen LogP contribution is 2.43. The number of hydrogen-bond donors (Lipinski definition) is 1. The minimum absolute atomic E-state index is 0.0995. The Morgan fingerprint density at radius 1 is 1.64 bits per heavy atom. The Labute approximate surface area is 63.2 Å². The fourth-order valence-corrected chi connectivity index (χ4v) is 1.55. The molecule has 11 heavy (non-hydrogen) atoms. The van der Waals surface area contributed by atoms with Crippen molar-refractivity contribution in [2.24, 2.45) is 11.8 Å². The van der Waals surface area contributed by atoms with Crippen molar-refractivity contribution in [3.63, 3.8) is 0 Å². The minimum atomic E-state index is -2.99. The Hall–Kier alpha value is -0.670. The molecule has 1 saturated carbocycles. The molecule has 0 aromatic carbocycles. The molecule has 0 aliphatic heterocycles. The molecule has 1 rings (SSSR count). The molecule has 0 saturated heterocycles. The summed E-state index contributed by atoms with van der Waals surface area (Å²) >= 11 is 0. The Kier molecular flexibility index (Phi) is 1.86. The van der Waals surface area contributed by atoms with E-state index < -0.39 is 17.8 Å². The van der Waals surface area contributed by atoms with Gasteiger partial charge in [-0.1, -0.05) is 6.92 Å². The van der Waals surface area contributed by atoms with Crippen LogP contribution in [0.3, 0.4) is 0 Å². The molecule has 0 spiro atoms. The van der Waals surface area contributed by atoms with Crippen molar-refractivity contribution in [1.29, 1.82) is 0 Å². The van der Waals surface area contributed by atoms with Crippen LogP contribution >= 0.6 is 0 Å². The van der Waals surface area contributed by atoms with Gasteiger partial charge < -0.3 is 5.11 Å². The molecule has 0 aromatic rings. The number of carbonyl (C=O) groups is 1. The van der Waals surface area contributed by atoms with Crippen molar-refractivity contribution in [3.8, 4) is 0 Å². The molecule has 0 radical (unpaired) electrons.